The van der Waals surface area contributed by atoms with Gasteiger partial charge in [0.25, 0.3) is 0 Å². The molecule has 1 N–H and O–H groups in total. The monoisotopic (exact) mass is 335 g/mol. The fourth-order valence-corrected chi connectivity index (χ4v) is 2.55. The molecule has 3 heterocycles. The second kappa shape index (κ2) is 5.63. The minimum absolute atomic E-state index is 0.189. The van der Waals surface area contributed by atoms with Crippen molar-refractivity contribution in [1.82, 2.24) is 14.4 Å². The zero-order chi connectivity index (χ0) is 17.5. The van der Waals surface area contributed by atoms with Crippen molar-refractivity contribution in [2.45, 2.75) is 19.0 Å². The maximum Gasteiger partial charge on any atom is 0.418 e. The van der Waals surface area contributed by atoms with Gasteiger partial charge in [-0.25, -0.2) is 4.98 Å². The summed E-state index contributed by atoms with van der Waals surface area (Å²) < 4.78 is 41.2. The van der Waals surface area contributed by atoms with E-state index in [9.17, 15) is 23.1 Å². The van der Waals surface area contributed by atoms with E-state index in [0.29, 0.717) is 5.69 Å². The maximum absolute atomic E-state index is 13.2. The number of pyridine rings is 2. The van der Waals surface area contributed by atoms with Gasteiger partial charge in [0.15, 0.2) is 0 Å². The normalized spacial score (nSPS) is 13.2. The Kier molecular flexibility index (Phi) is 3.75. The van der Waals surface area contributed by atoms with Gasteiger partial charge in [0.1, 0.15) is 5.65 Å². The van der Waals surface area contributed by atoms with Crippen LogP contribution in [0.5, 0.6) is 0 Å². The summed E-state index contributed by atoms with van der Waals surface area (Å²) in [5.74, 6) is -1.87. The molecule has 1 atom stereocenters. The highest BCUT2D eigenvalue weighted by atomic mass is 19.4. The van der Waals surface area contributed by atoms with Gasteiger partial charge in [0.05, 0.1) is 17.2 Å². The van der Waals surface area contributed by atoms with Crippen LogP contribution in [-0.2, 0) is 11.0 Å². The molecular formula is C16H12F3N3O2. The number of halogens is 3. The SMILES string of the molecule is CC(C(=O)O)c1ccc(-c2ncccc2C(F)(F)F)c2nccn12. The van der Waals surface area contributed by atoms with Gasteiger partial charge in [-0.15, -0.1) is 0 Å². The van der Waals surface area contributed by atoms with Crippen molar-refractivity contribution < 1.29 is 23.1 Å². The lowest BCUT2D eigenvalue weighted by Gasteiger charge is -2.15. The molecule has 0 aliphatic rings. The average molecular weight is 335 g/mol. The molecule has 0 bridgehead atoms. The predicted molar refractivity (Wildman–Crippen MR) is 79.5 cm³/mol. The van der Waals surface area contributed by atoms with Gasteiger partial charge in [0, 0.05) is 29.8 Å². The van der Waals surface area contributed by atoms with E-state index >= 15 is 0 Å². The molecule has 124 valence electrons. The van der Waals surface area contributed by atoms with Crippen molar-refractivity contribution in [1.29, 1.82) is 0 Å². The lowest BCUT2D eigenvalue weighted by molar-refractivity contribution is -0.138. The van der Waals surface area contributed by atoms with Crippen molar-refractivity contribution in [3.05, 3.63) is 54.1 Å². The summed E-state index contributed by atoms with van der Waals surface area (Å²) in [6.07, 6.45) is -0.352. The van der Waals surface area contributed by atoms with Crippen molar-refractivity contribution in [2.24, 2.45) is 0 Å². The van der Waals surface area contributed by atoms with Gasteiger partial charge in [-0.1, -0.05) is 0 Å². The molecule has 0 amide bonds. The molecule has 0 aromatic carbocycles. The molecule has 8 heteroatoms. The van der Waals surface area contributed by atoms with Gasteiger partial charge < -0.3 is 9.51 Å². The lowest BCUT2D eigenvalue weighted by atomic mass is 10.0. The number of imidazole rings is 1. The molecule has 0 saturated carbocycles. The molecule has 3 aromatic heterocycles. The second-order valence-electron chi connectivity index (χ2n) is 5.25. The van der Waals surface area contributed by atoms with E-state index < -0.39 is 23.6 Å². The number of nitrogens with zero attached hydrogens (tertiary/aromatic N) is 3. The lowest BCUT2D eigenvalue weighted by Crippen LogP contribution is -2.12. The molecule has 0 aliphatic carbocycles. The Labute approximate surface area is 134 Å². The van der Waals surface area contributed by atoms with Crippen LogP contribution in [0.2, 0.25) is 0 Å². The Hall–Kier alpha value is -2.90. The van der Waals surface area contributed by atoms with Gasteiger partial charge in [-0.05, 0) is 31.2 Å². The third-order valence-corrected chi connectivity index (χ3v) is 3.76. The van der Waals surface area contributed by atoms with Crippen molar-refractivity contribution in [2.75, 3.05) is 0 Å². The Morgan fingerprint density at radius 2 is 1.96 bits per heavy atom. The third kappa shape index (κ3) is 2.60. The van der Waals surface area contributed by atoms with Crippen LogP contribution in [0.15, 0.2) is 42.9 Å². The Morgan fingerprint density at radius 3 is 2.62 bits per heavy atom. The number of fused-ring (bicyclic) bond motifs is 1. The van der Waals surface area contributed by atoms with Gasteiger partial charge in [-0.2, -0.15) is 13.2 Å². The smallest absolute Gasteiger partial charge is 0.418 e. The highest BCUT2D eigenvalue weighted by Gasteiger charge is 2.35. The van der Waals surface area contributed by atoms with E-state index in [2.05, 4.69) is 9.97 Å². The molecule has 0 saturated heterocycles. The molecule has 0 aliphatic heterocycles. The number of alkyl halides is 3. The highest BCUT2D eigenvalue weighted by molar-refractivity contribution is 5.80. The van der Waals surface area contributed by atoms with Crippen LogP contribution in [-0.4, -0.2) is 25.4 Å². The van der Waals surface area contributed by atoms with Gasteiger partial charge in [0.2, 0.25) is 0 Å². The fourth-order valence-electron chi connectivity index (χ4n) is 2.55. The van der Waals surface area contributed by atoms with Crippen LogP contribution in [0.1, 0.15) is 24.1 Å². The van der Waals surface area contributed by atoms with Crippen LogP contribution in [0.4, 0.5) is 13.2 Å². The van der Waals surface area contributed by atoms with Crippen molar-refractivity contribution in [3.63, 3.8) is 0 Å². The van der Waals surface area contributed by atoms with Gasteiger partial charge >= 0.3 is 12.1 Å². The molecule has 5 nitrogen and oxygen atoms in total. The summed E-state index contributed by atoms with van der Waals surface area (Å²) in [7, 11) is 0. The predicted octanol–water partition coefficient (Wildman–Crippen LogP) is 3.60. The minimum atomic E-state index is -4.56. The summed E-state index contributed by atoms with van der Waals surface area (Å²) in [5, 5.41) is 9.17. The first-order chi connectivity index (χ1) is 11.3. The third-order valence-electron chi connectivity index (χ3n) is 3.76. The zero-order valence-corrected chi connectivity index (χ0v) is 12.4. The first kappa shape index (κ1) is 16.0. The molecule has 24 heavy (non-hydrogen) atoms. The number of aromatic nitrogens is 3. The average Bonchev–Trinajstić information content (AvgIpc) is 3.02. The zero-order valence-electron chi connectivity index (χ0n) is 12.4. The maximum atomic E-state index is 13.2. The summed E-state index contributed by atoms with van der Waals surface area (Å²) in [5.41, 5.74) is -0.271. The first-order valence-electron chi connectivity index (χ1n) is 7.02. The van der Waals surface area contributed by atoms with Crippen molar-refractivity contribution >= 4 is 11.6 Å². The molecule has 0 spiro atoms. The molecule has 3 rings (SSSR count). The summed E-state index contributed by atoms with van der Waals surface area (Å²) in [6, 6.07) is 5.08. The summed E-state index contributed by atoms with van der Waals surface area (Å²) >= 11 is 0. The number of rotatable bonds is 3. The Morgan fingerprint density at radius 1 is 1.21 bits per heavy atom. The van der Waals surface area contributed by atoms with E-state index in [-0.39, 0.29) is 16.9 Å². The quantitative estimate of drug-likeness (QED) is 0.794. The van der Waals surface area contributed by atoms with E-state index in [1.807, 2.05) is 0 Å². The van der Waals surface area contributed by atoms with Crippen LogP contribution >= 0.6 is 0 Å². The number of carboxylic acids is 1. The Bertz CT molecular complexity index is 918. The number of hydrogen-bond acceptors (Lipinski definition) is 3. The highest BCUT2D eigenvalue weighted by Crippen LogP contribution is 2.37. The van der Waals surface area contributed by atoms with E-state index in [4.69, 9.17) is 0 Å². The molecular weight excluding hydrogens is 323 g/mol. The summed E-state index contributed by atoms with van der Waals surface area (Å²) in [6.45, 7) is 1.50. The largest absolute Gasteiger partial charge is 0.481 e. The molecule has 0 radical (unpaired) electrons. The number of hydrogen-bond donors (Lipinski definition) is 1. The van der Waals surface area contributed by atoms with E-state index in [1.54, 1.807) is 0 Å². The van der Waals surface area contributed by atoms with E-state index in [0.717, 1.165) is 6.07 Å². The van der Waals surface area contributed by atoms with Crippen LogP contribution in [0.3, 0.4) is 0 Å². The standard InChI is InChI=1S/C16H12F3N3O2/c1-9(15(23)24)12-5-4-10(14-21-7-8-22(12)14)13-11(16(17,18)19)3-2-6-20-13/h2-9H,1H3,(H,23,24). The van der Waals surface area contributed by atoms with Crippen LogP contribution in [0, 0.1) is 0 Å². The fraction of sp³-hybridized carbons (Fsp3) is 0.188. The molecule has 3 aromatic rings. The number of carbonyl (C=O) groups is 1. The number of carboxylic acid groups (broad SMARTS) is 1. The van der Waals surface area contributed by atoms with Gasteiger partial charge in [-0.3, -0.25) is 9.78 Å². The minimum Gasteiger partial charge on any atom is -0.481 e. The van der Waals surface area contributed by atoms with Crippen molar-refractivity contribution in [3.8, 4) is 11.3 Å². The second-order valence-corrected chi connectivity index (χ2v) is 5.25. The van der Waals surface area contributed by atoms with Crippen LogP contribution in [0.25, 0.3) is 16.9 Å². The molecule has 1 unspecified atom stereocenters. The molecule has 0 fully saturated rings. The van der Waals surface area contributed by atoms with E-state index in [1.165, 1.54) is 48.1 Å². The first-order valence-corrected chi connectivity index (χ1v) is 7.02. The van der Waals surface area contributed by atoms with Crippen LogP contribution < -0.4 is 0 Å². The number of aliphatic carboxylic acids is 1. The summed E-state index contributed by atoms with van der Waals surface area (Å²) in [4.78, 5) is 19.2. The topological polar surface area (TPSA) is 67.5 Å². The Balaban J connectivity index is 2.26.